The van der Waals surface area contributed by atoms with E-state index in [1.165, 1.54) is 6.07 Å². The van der Waals surface area contributed by atoms with E-state index in [-0.39, 0.29) is 0 Å². The molecule has 1 aromatic rings. The Kier molecular flexibility index (Phi) is 1.82. The molecule has 0 amide bonds. The Hall–Kier alpha value is -0.990. The van der Waals surface area contributed by atoms with Crippen LogP contribution in [0.3, 0.4) is 0 Å². The molecule has 0 atom stereocenters. The normalized spacial score (nSPS) is 15.9. The Morgan fingerprint density at radius 1 is 1.15 bits per heavy atom. The summed E-state index contributed by atoms with van der Waals surface area (Å²) in [4.78, 5) is 0. The van der Waals surface area contributed by atoms with Crippen LogP contribution in [0.5, 0.6) is 0 Å². The molecule has 0 heterocycles. The monoisotopic (exact) mass is 185 g/mol. The van der Waals surface area contributed by atoms with Gasteiger partial charge in [0.2, 0.25) is 0 Å². The molecule has 1 aromatic carbocycles. The van der Waals surface area contributed by atoms with Gasteiger partial charge in [0.1, 0.15) is 0 Å². The van der Waals surface area contributed by atoms with Gasteiger partial charge in [0.15, 0.2) is 0 Å². The second kappa shape index (κ2) is 2.76. The van der Waals surface area contributed by atoms with Crippen LogP contribution in [0, 0.1) is 6.42 Å². The quantitative estimate of drug-likeness (QED) is 0.582. The predicted molar refractivity (Wildman–Crippen MR) is 43.2 cm³/mol. The zero-order valence-electron chi connectivity index (χ0n) is 6.86. The summed E-state index contributed by atoms with van der Waals surface area (Å²) in [5, 5.41) is 0. The molecule has 0 aliphatic heterocycles. The van der Waals surface area contributed by atoms with Crippen molar-refractivity contribution in [2.75, 3.05) is 0 Å². The zero-order valence-corrected chi connectivity index (χ0v) is 6.86. The maximum absolute atomic E-state index is 12.4. The molecule has 0 N–H and O–H groups in total. The second-order valence-electron chi connectivity index (χ2n) is 3.11. The van der Waals surface area contributed by atoms with Gasteiger partial charge in [-0.2, -0.15) is 13.2 Å². The zero-order chi connectivity index (χ0) is 9.47. The molecular weight excluding hydrogens is 177 g/mol. The van der Waals surface area contributed by atoms with Crippen LogP contribution < -0.4 is 0 Å². The minimum atomic E-state index is -4.20. The summed E-state index contributed by atoms with van der Waals surface area (Å²) in [6.45, 7) is 0. The first kappa shape index (κ1) is 8.60. The topological polar surface area (TPSA) is 0 Å². The van der Waals surface area contributed by atoms with Gasteiger partial charge in [-0.15, -0.1) is 0 Å². The lowest BCUT2D eigenvalue weighted by atomic mass is 10.0. The maximum Gasteiger partial charge on any atom is 0.416 e. The molecule has 0 nitrogen and oxygen atoms in total. The summed E-state index contributed by atoms with van der Waals surface area (Å²) in [5.74, 6) is 0. The Morgan fingerprint density at radius 2 is 1.92 bits per heavy atom. The third kappa shape index (κ3) is 1.43. The lowest BCUT2D eigenvalue weighted by molar-refractivity contribution is -0.138. The Bertz CT molecular complexity index is 325. The molecule has 0 saturated heterocycles. The Morgan fingerprint density at radius 3 is 2.62 bits per heavy atom. The van der Waals surface area contributed by atoms with Gasteiger partial charge in [-0.3, -0.25) is 0 Å². The highest BCUT2D eigenvalue weighted by Gasteiger charge is 2.34. The summed E-state index contributed by atoms with van der Waals surface area (Å²) >= 11 is 0. The SMILES string of the molecule is FC(F)(F)c1cccc2c1CC[CH]2. The van der Waals surface area contributed by atoms with E-state index in [9.17, 15) is 13.2 Å². The number of benzene rings is 1. The van der Waals surface area contributed by atoms with Gasteiger partial charge in [-0.05, 0) is 36.5 Å². The number of halogens is 3. The fourth-order valence-electron chi connectivity index (χ4n) is 1.71. The van der Waals surface area contributed by atoms with Crippen molar-refractivity contribution in [2.45, 2.75) is 19.0 Å². The summed E-state index contributed by atoms with van der Waals surface area (Å²) in [7, 11) is 0. The first-order valence-electron chi connectivity index (χ1n) is 4.11. The van der Waals surface area contributed by atoms with E-state index >= 15 is 0 Å². The fourth-order valence-corrected chi connectivity index (χ4v) is 1.71. The van der Waals surface area contributed by atoms with E-state index in [2.05, 4.69) is 0 Å². The van der Waals surface area contributed by atoms with E-state index in [4.69, 9.17) is 0 Å². The van der Waals surface area contributed by atoms with Crippen LogP contribution in [0.2, 0.25) is 0 Å². The number of alkyl halides is 3. The lowest BCUT2D eigenvalue weighted by Gasteiger charge is -2.11. The van der Waals surface area contributed by atoms with Gasteiger partial charge in [0, 0.05) is 0 Å². The Balaban J connectivity index is 2.54. The third-order valence-electron chi connectivity index (χ3n) is 2.28. The molecule has 13 heavy (non-hydrogen) atoms. The first-order valence-corrected chi connectivity index (χ1v) is 4.11. The van der Waals surface area contributed by atoms with Crippen molar-refractivity contribution in [1.29, 1.82) is 0 Å². The summed E-state index contributed by atoms with van der Waals surface area (Å²) < 4.78 is 37.3. The number of rotatable bonds is 0. The van der Waals surface area contributed by atoms with Crippen LogP contribution in [-0.2, 0) is 12.6 Å². The van der Waals surface area contributed by atoms with Crippen molar-refractivity contribution in [3.8, 4) is 0 Å². The van der Waals surface area contributed by atoms with Gasteiger partial charge in [0.25, 0.3) is 0 Å². The molecule has 3 heteroatoms. The van der Waals surface area contributed by atoms with E-state index in [1.54, 1.807) is 6.07 Å². The molecule has 0 fully saturated rings. The molecule has 0 unspecified atom stereocenters. The molecule has 0 aromatic heterocycles. The smallest absolute Gasteiger partial charge is 0.166 e. The number of fused-ring (bicyclic) bond motifs is 1. The van der Waals surface area contributed by atoms with Crippen molar-refractivity contribution in [3.63, 3.8) is 0 Å². The molecule has 0 bridgehead atoms. The standard InChI is InChI=1S/C10H8F3/c11-10(12,13)9-6-2-4-7-3-1-5-8(7)9/h2-4,6H,1,5H2. The van der Waals surface area contributed by atoms with E-state index in [0.717, 1.165) is 18.1 Å². The van der Waals surface area contributed by atoms with Gasteiger partial charge in [-0.1, -0.05) is 12.1 Å². The van der Waals surface area contributed by atoms with Gasteiger partial charge in [0.05, 0.1) is 5.56 Å². The van der Waals surface area contributed by atoms with Crippen molar-refractivity contribution in [2.24, 2.45) is 0 Å². The van der Waals surface area contributed by atoms with Crippen molar-refractivity contribution < 1.29 is 13.2 Å². The predicted octanol–water partition coefficient (Wildman–Crippen LogP) is 3.20. The van der Waals surface area contributed by atoms with Crippen LogP contribution in [0.15, 0.2) is 18.2 Å². The van der Waals surface area contributed by atoms with Crippen LogP contribution in [0.1, 0.15) is 23.1 Å². The second-order valence-corrected chi connectivity index (χ2v) is 3.11. The summed E-state index contributed by atoms with van der Waals surface area (Å²) in [6.07, 6.45) is -1.11. The summed E-state index contributed by atoms with van der Waals surface area (Å²) in [6, 6.07) is 4.35. The molecule has 0 spiro atoms. The van der Waals surface area contributed by atoms with E-state index in [1.807, 2.05) is 6.42 Å². The van der Waals surface area contributed by atoms with Crippen LogP contribution in [-0.4, -0.2) is 0 Å². The van der Waals surface area contributed by atoms with Crippen molar-refractivity contribution >= 4 is 0 Å². The Labute approximate surface area is 74.4 Å². The van der Waals surface area contributed by atoms with Crippen LogP contribution >= 0.6 is 0 Å². The number of hydrogen-bond acceptors (Lipinski definition) is 0. The fraction of sp³-hybridized carbons (Fsp3) is 0.300. The highest BCUT2D eigenvalue weighted by atomic mass is 19.4. The molecule has 0 saturated carbocycles. The van der Waals surface area contributed by atoms with Crippen molar-refractivity contribution in [1.82, 2.24) is 0 Å². The van der Waals surface area contributed by atoms with E-state index < -0.39 is 11.7 Å². The minimum Gasteiger partial charge on any atom is -0.166 e. The average molecular weight is 185 g/mol. The van der Waals surface area contributed by atoms with Crippen LogP contribution in [0.25, 0.3) is 0 Å². The molecule has 1 aliphatic carbocycles. The van der Waals surface area contributed by atoms with Crippen molar-refractivity contribution in [3.05, 3.63) is 41.3 Å². The average Bonchev–Trinajstić information content (AvgIpc) is 2.48. The lowest BCUT2D eigenvalue weighted by Crippen LogP contribution is -2.08. The van der Waals surface area contributed by atoms with Gasteiger partial charge >= 0.3 is 6.18 Å². The van der Waals surface area contributed by atoms with E-state index in [0.29, 0.717) is 12.0 Å². The highest BCUT2D eigenvalue weighted by Crippen LogP contribution is 2.37. The maximum atomic E-state index is 12.4. The minimum absolute atomic E-state index is 0.454. The van der Waals surface area contributed by atoms with Gasteiger partial charge in [-0.25, -0.2) is 0 Å². The third-order valence-corrected chi connectivity index (χ3v) is 2.28. The first-order chi connectivity index (χ1) is 6.09. The van der Waals surface area contributed by atoms with Gasteiger partial charge < -0.3 is 0 Å². The number of hydrogen-bond donors (Lipinski definition) is 0. The molecule has 2 rings (SSSR count). The molecule has 1 aliphatic rings. The molecule has 1 radical (unpaired) electrons. The molecular formula is C10H8F3. The molecule has 69 valence electrons. The van der Waals surface area contributed by atoms with Crippen LogP contribution in [0.4, 0.5) is 13.2 Å². The summed E-state index contributed by atoms with van der Waals surface area (Å²) in [5.41, 5.74) is 0.726. The highest BCUT2D eigenvalue weighted by molar-refractivity contribution is 5.44. The largest absolute Gasteiger partial charge is 0.416 e.